The van der Waals surface area contributed by atoms with E-state index in [1.165, 1.54) is 69.9 Å². The lowest BCUT2D eigenvalue weighted by molar-refractivity contribution is 0.187. The van der Waals surface area contributed by atoms with Crippen molar-refractivity contribution in [3.63, 3.8) is 0 Å². The van der Waals surface area contributed by atoms with Crippen LogP contribution >= 0.6 is 0 Å². The Hall–Kier alpha value is -1.88. The zero-order chi connectivity index (χ0) is 21.8. The molecule has 4 bridgehead atoms. The van der Waals surface area contributed by atoms with Crippen molar-refractivity contribution in [2.45, 2.75) is 101 Å². The van der Waals surface area contributed by atoms with E-state index in [1.54, 1.807) is 0 Å². The van der Waals surface area contributed by atoms with Gasteiger partial charge in [-0.05, 0) is 69.2 Å². The molecule has 1 spiro atoms. The lowest BCUT2D eigenvalue weighted by Gasteiger charge is -2.44. The van der Waals surface area contributed by atoms with Crippen molar-refractivity contribution in [2.75, 3.05) is 24.5 Å². The fourth-order valence-electron chi connectivity index (χ4n) is 6.27. The third-order valence-electron chi connectivity index (χ3n) is 8.25. The van der Waals surface area contributed by atoms with Crippen molar-refractivity contribution >= 4 is 17.6 Å². The molecule has 2 saturated heterocycles. The van der Waals surface area contributed by atoms with Crippen molar-refractivity contribution in [3.8, 4) is 0 Å². The molecule has 0 unspecified atom stereocenters. The molecule has 3 fully saturated rings. The average molecular weight is 437 g/mol. The van der Waals surface area contributed by atoms with Gasteiger partial charge in [0.1, 0.15) is 11.4 Å². The largest absolute Gasteiger partial charge is 0.328 e. The number of hydrogen-bond acceptors (Lipinski definition) is 3. The molecule has 1 saturated carbocycles. The maximum absolute atomic E-state index is 13.3. The Labute approximate surface area is 193 Å². The van der Waals surface area contributed by atoms with Crippen molar-refractivity contribution in [3.05, 3.63) is 29.8 Å². The number of aliphatic imine (C=N–C) groups is 1. The van der Waals surface area contributed by atoms with E-state index in [1.807, 2.05) is 0 Å². The zero-order valence-corrected chi connectivity index (χ0v) is 19.7. The lowest BCUT2D eigenvalue weighted by Crippen LogP contribution is -2.57. The van der Waals surface area contributed by atoms with Crippen LogP contribution in [0.15, 0.2) is 29.3 Å². The SMILES string of the molecule is O=C1NC(=NC2CCCCC2)C23CCN(CCCCCCCCc4ccc(cc4)N12)CC3. The second-order valence-electron chi connectivity index (χ2n) is 10.4. The van der Waals surface area contributed by atoms with E-state index in [0.717, 1.165) is 56.7 Å². The van der Waals surface area contributed by atoms with Gasteiger partial charge in [0.05, 0.1) is 6.04 Å². The molecule has 2 amide bonds. The predicted molar refractivity (Wildman–Crippen MR) is 132 cm³/mol. The van der Waals surface area contributed by atoms with Gasteiger partial charge in [-0.25, -0.2) is 4.79 Å². The van der Waals surface area contributed by atoms with E-state index in [-0.39, 0.29) is 11.6 Å². The van der Waals surface area contributed by atoms with Crippen molar-refractivity contribution in [1.82, 2.24) is 10.2 Å². The van der Waals surface area contributed by atoms with Crippen molar-refractivity contribution in [2.24, 2.45) is 4.99 Å². The molecule has 1 aliphatic carbocycles. The summed E-state index contributed by atoms with van der Waals surface area (Å²) in [6.45, 7) is 3.29. The molecule has 1 aromatic carbocycles. The van der Waals surface area contributed by atoms with Gasteiger partial charge in [0.25, 0.3) is 0 Å². The van der Waals surface area contributed by atoms with E-state index in [4.69, 9.17) is 4.99 Å². The second-order valence-corrected chi connectivity index (χ2v) is 10.4. The Kier molecular flexibility index (Phi) is 6.82. The topological polar surface area (TPSA) is 47.9 Å². The molecule has 5 nitrogen and oxygen atoms in total. The summed E-state index contributed by atoms with van der Waals surface area (Å²) in [5, 5.41) is 3.24. The maximum atomic E-state index is 13.3. The van der Waals surface area contributed by atoms with E-state index < -0.39 is 0 Å². The number of amidine groups is 1. The van der Waals surface area contributed by atoms with Gasteiger partial charge in [-0.2, -0.15) is 0 Å². The van der Waals surface area contributed by atoms with Crippen LogP contribution in [0.1, 0.15) is 89.0 Å². The van der Waals surface area contributed by atoms with Crippen LogP contribution in [0.3, 0.4) is 0 Å². The van der Waals surface area contributed by atoms with Crippen LogP contribution in [0.2, 0.25) is 0 Å². The number of benzene rings is 1. The van der Waals surface area contributed by atoms with Gasteiger partial charge in [-0.1, -0.05) is 57.1 Å². The summed E-state index contributed by atoms with van der Waals surface area (Å²) >= 11 is 0. The van der Waals surface area contributed by atoms with E-state index in [2.05, 4.69) is 39.4 Å². The van der Waals surface area contributed by atoms with Crippen LogP contribution in [0.25, 0.3) is 0 Å². The van der Waals surface area contributed by atoms with Crippen LogP contribution in [0.5, 0.6) is 0 Å². The number of nitrogens with zero attached hydrogens (tertiary/aromatic N) is 3. The molecule has 7 rings (SSSR count). The Bertz CT molecular complexity index is 803. The molecule has 32 heavy (non-hydrogen) atoms. The van der Waals surface area contributed by atoms with E-state index >= 15 is 0 Å². The highest BCUT2D eigenvalue weighted by Crippen LogP contribution is 2.39. The third-order valence-corrected chi connectivity index (χ3v) is 8.25. The Morgan fingerprint density at radius 2 is 1.47 bits per heavy atom. The highest BCUT2D eigenvalue weighted by Gasteiger charge is 2.53. The Morgan fingerprint density at radius 3 is 2.22 bits per heavy atom. The molecule has 5 heterocycles. The summed E-state index contributed by atoms with van der Waals surface area (Å²) in [4.78, 5) is 23.2. The molecule has 0 radical (unpaired) electrons. The molecule has 174 valence electrons. The number of hydrogen-bond donors (Lipinski definition) is 1. The summed E-state index contributed by atoms with van der Waals surface area (Å²) in [6, 6.07) is 9.20. The molecular formula is C27H40N4O. The summed E-state index contributed by atoms with van der Waals surface area (Å²) in [7, 11) is 0. The quantitative estimate of drug-likeness (QED) is 0.616. The van der Waals surface area contributed by atoms with Gasteiger partial charge in [-0.3, -0.25) is 15.2 Å². The molecule has 5 heteroatoms. The molecule has 0 atom stereocenters. The summed E-state index contributed by atoms with van der Waals surface area (Å²) < 4.78 is 0. The smallest absolute Gasteiger partial charge is 0.303 e. The number of urea groups is 1. The molecule has 1 aromatic rings. The lowest BCUT2D eigenvalue weighted by atomic mass is 9.84. The van der Waals surface area contributed by atoms with E-state index in [0.29, 0.717) is 6.04 Å². The zero-order valence-electron chi connectivity index (χ0n) is 19.7. The van der Waals surface area contributed by atoms with Gasteiger partial charge >= 0.3 is 6.03 Å². The highest BCUT2D eigenvalue weighted by atomic mass is 16.2. The maximum Gasteiger partial charge on any atom is 0.328 e. The van der Waals surface area contributed by atoms with E-state index in [9.17, 15) is 4.79 Å². The molecular weight excluding hydrogens is 396 g/mol. The van der Waals surface area contributed by atoms with Crippen LogP contribution in [-0.2, 0) is 6.42 Å². The van der Waals surface area contributed by atoms with Crippen molar-refractivity contribution in [1.29, 1.82) is 0 Å². The fourth-order valence-corrected chi connectivity index (χ4v) is 6.27. The first-order valence-electron chi connectivity index (χ1n) is 13.3. The number of carbonyl (C=O) groups is 1. The van der Waals surface area contributed by atoms with Crippen LogP contribution in [-0.4, -0.2) is 48.0 Å². The minimum absolute atomic E-state index is 0.0127. The fraction of sp³-hybridized carbons (Fsp3) is 0.704. The highest BCUT2D eigenvalue weighted by molar-refractivity contribution is 6.19. The summed E-state index contributed by atoms with van der Waals surface area (Å²) in [5.41, 5.74) is 2.11. The van der Waals surface area contributed by atoms with Crippen LogP contribution < -0.4 is 10.2 Å². The van der Waals surface area contributed by atoms with Crippen LogP contribution in [0, 0.1) is 0 Å². The van der Waals surface area contributed by atoms with Crippen molar-refractivity contribution < 1.29 is 4.79 Å². The molecule has 0 aromatic heterocycles. The summed E-state index contributed by atoms with van der Waals surface area (Å²) in [5.74, 6) is 0.955. The number of anilines is 1. The number of fused-ring (bicyclic) bond motifs is 2. The van der Waals surface area contributed by atoms with Gasteiger partial charge < -0.3 is 4.90 Å². The first-order valence-corrected chi connectivity index (χ1v) is 13.3. The molecule has 5 aliphatic heterocycles. The minimum atomic E-state index is -0.305. The van der Waals surface area contributed by atoms with Crippen LogP contribution in [0.4, 0.5) is 10.5 Å². The normalized spacial score (nSPS) is 31.5. The Balaban J connectivity index is 1.46. The first-order chi connectivity index (χ1) is 15.7. The van der Waals surface area contributed by atoms with Gasteiger partial charge in [0.2, 0.25) is 0 Å². The number of rotatable bonds is 1. The number of nitrogens with one attached hydrogen (secondary N) is 1. The monoisotopic (exact) mass is 436 g/mol. The standard InChI is InChI=1S/C27H40N4O/c32-26-29-25(28-23-11-7-5-8-12-23)27-17-20-30(21-18-27)19-9-4-2-1-3-6-10-22-13-15-24(16-14-22)31(26)27/h13-16,23H,1-12,17-21H2,(H,28,29,32). The number of aryl methyl sites for hydroxylation is 1. The number of piperidine rings is 1. The van der Waals surface area contributed by atoms with Gasteiger partial charge in [0, 0.05) is 18.8 Å². The average Bonchev–Trinajstić information content (AvgIpc) is 3.08. The molecule has 6 aliphatic rings. The predicted octanol–water partition coefficient (Wildman–Crippen LogP) is 5.68. The Morgan fingerprint density at radius 1 is 0.812 bits per heavy atom. The van der Waals surface area contributed by atoms with Gasteiger partial charge in [0.15, 0.2) is 0 Å². The number of carbonyl (C=O) groups excluding carboxylic acids is 1. The number of amides is 2. The third kappa shape index (κ3) is 4.59. The summed E-state index contributed by atoms with van der Waals surface area (Å²) in [6.07, 6.45) is 17.2. The first kappa shape index (κ1) is 21.9. The van der Waals surface area contributed by atoms with Gasteiger partial charge in [-0.15, -0.1) is 0 Å². The molecule has 1 N–H and O–H groups in total. The second kappa shape index (κ2) is 9.94. The minimum Gasteiger partial charge on any atom is -0.303 e.